The Balaban J connectivity index is 1.83. The maximum Gasteiger partial charge on any atom is 0.340 e. The molecule has 0 spiro atoms. The molecule has 2 N–H and O–H groups in total. The summed E-state index contributed by atoms with van der Waals surface area (Å²) in [5.74, 6) is -1.22. The molecule has 1 aliphatic carbocycles. The summed E-state index contributed by atoms with van der Waals surface area (Å²) in [7, 11) is 0. The molecule has 1 aliphatic rings. The number of anilines is 1. The maximum absolute atomic E-state index is 13.5. The highest BCUT2D eigenvalue weighted by molar-refractivity contribution is 7.99. The third-order valence-corrected chi connectivity index (χ3v) is 6.70. The minimum Gasteiger partial charge on any atom is -0.462 e. The van der Waals surface area contributed by atoms with E-state index in [0.717, 1.165) is 29.7 Å². The van der Waals surface area contributed by atoms with Crippen LogP contribution in [0, 0.1) is 6.92 Å². The lowest BCUT2D eigenvalue weighted by atomic mass is 9.82. The molecule has 0 saturated heterocycles. The Bertz CT molecular complexity index is 1250. The Labute approximate surface area is 197 Å². The summed E-state index contributed by atoms with van der Waals surface area (Å²) in [6.45, 7) is 4.34. The maximum atomic E-state index is 13.5. The van der Waals surface area contributed by atoms with E-state index in [2.05, 4.69) is 6.92 Å². The van der Waals surface area contributed by atoms with Gasteiger partial charge in [-0.15, -0.1) is 0 Å². The van der Waals surface area contributed by atoms with Crippen molar-refractivity contribution in [2.45, 2.75) is 42.9 Å². The largest absolute Gasteiger partial charge is 0.462 e. The van der Waals surface area contributed by atoms with Gasteiger partial charge in [-0.2, -0.15) is 0 Å². The van der Waals surface area contributed by atoms with Crippen molar-refractivity contribution in [3.8, 4) is 0 Å². The van der Waals surface area contributed by atoms with Crippen LogP contribution in [0.1, 0.15) is 74.0 Å². The average Bonchev–Trinajstić information content (AvgIpc) is 2.82. The highest BCUT2D eigenvalue weighted by atomic mass is 32.2. The zero-order chi connectivity index (χ0) is 23.5. The molecule has 0 saturated carbocycles. The van der Waals surface area contributed by atoms with Crippen LogP contribution in [0.15, 0.2) is 64.4 Å². The molecule has 3 aromatic rings. The number of nitrogens with two attached hydrogens (primary N) is 1. The van der Waals surface area contributed by atoms with Gasteiger partial charge in [0.05, 0.1) is 23.4 Å². The molecule has 0 aliphatic heterocycles. The van der Waals surface area contributed by atoms with Crippen LogP contribution in [0.5, 0.6) is 0 Å². The van der Waals surface area contributed by atoms with Crippen molar-refractivity contribution in [1.82, 2.24) is 0 Å². The molecule has 5 nitrogen and oxygen atoms in total. The smallest absolute Gasteiger partial charge is 0.340 e. The van der Waals surface area contributed by atoms with Crippen LogP contribution in [0.4, 0.5) is 5.69 Å². The van der Waals surface area contributed by atoms with Gasteiger partial charge in [0.15, 0.2) is 11.6 Å². The Morgan fingerprint density at radius 1 is 0.939 bits per heavy atom. The minimum absolute atomic E-state index is 0.00778. The summed E-state index contributed by atoms with van der Waals surface area (Å²) in [4.78, 5) is 41.1. The lowest BCUT2D eigenvalue weighted by Crippen LogP contribution is -2.25. The van der Waals surface area contributed by atoms with E-state index >= 15 is 0 Å². The summed E-state index contributed by atoms with van der Waals surface area (Å²) >= 11 is 1.33. The van der Waals surface area contributed by atoms with Gasteiger partial charge in [-0.3, -0.25) is 9.59 Å². The van der Waals surface area contributed by atoms with Crippen LogP contribution in [0.3, 0.4) is 0 Å². The summed E-state index contributed by atoms with van der Waals surface area (Å²) in [6.07, 6.45) is 2.71. The summed E-state index contributed by atoms with van der Waals surface area (Å²) in [6, 6.07) is 16.1. The number of carbonyl (C=O) groups excluding carboxylic acids is 3. The molecule has 0 radical (unpaired) electrons. The SMILES string of the molecule is CCCCCOC(=O)c1cc(Sc2ccc(C)cc2)c2c(c1N)C(=O)c1ccccc1C2=O. The van der Waals surface area contributed by atoms with Gasteiger partial charge in [0.2, 0.25) is 0 Å². The fourth-order valence-corrected chi connectivity index (χ4v) is 4.86. The van der Waals surface area contributed by atoms with E-state index in [4.69, 9.17) is 10.5 Å². The second-order valence-corrected chi connectivity index (χ2v) is 9.16. The molecule has 6 heteroatoms. The van der Waals surface area contributed by atoms with Gasteiger partial charge in [-0.1, -0.05) is 73.5 Å². The quantitative estimate of drug-likeness (QED) is 0.212. The van der Waals surface area contributed by atoms with Gasteiger partial charge in [0, 0.05) is 26.5 Å². The second-order valence-electron chi connectivity index (χ2n) is 8.05. The van der Waals surface area contributed by atoms with Crippen molar-refractivity contribution in [2.75, 3.05) is 12.3 Å². The van der Waals surface area contributed by atoms with Gasteiger partial charge < -0.3 is 10.5 Å². The zero-order valence-electron chi connectivity index (χ0n) is 18.6. The fourth-order valence-electron chi connectivity index (χ4n) is 3.86. The molecular formula is C27H25NO4S. The highest BCUT2D eigenvalue weighted by Gasteiger charge is 2.36. The Kier molecular flexibility index (Phi) is 6.65. The normalized spacial score (nSPS) is 12.3. The predicted molar refractivity (Wildman–Crippen MR) is 129 cm³/mol. The third-order valence-electron chi connectivity index (χ3n) is 5.65. The van der Waals surface area contributed by atoms with Gasteiger partial charge >= 0.3 is 5.97 Å². The lowest BCUT2D eigenvalue weighted by Gasteiger charge is -2.23. The van der Waals surface area contributed by atoms with Crippen molar-refractivity contribution in [2.24, 2.45) is 0 Å². The highest BCUT2D eigenvalue weighted by Crippen LogP contribution is 2.41. The standard InChI is InChI=1S/C27H25NO4S/c1-3-4-7-14-32-27(31)20-15-21(33-17-12-10-16(2)11-13-17)22-23(24(20)28)26(30)19-9-6-5-8-18(19)25(22)29/h5-6,8-13,15H,3-4,7,14,28H2,1-2H3. The van der Waals surface area contributed by atoms with Crippen molar-refractivity contribution in [1.29, 1.82) is 0 Å². The van der Waals surface area contributed by atoms with Crippen LogP contribution in [0.2, 0.25) is 0 Å². The Morgan fingerprint density at radius 3 is 2.21 bits per heavy atom. The molecule has 0 bridgehead atoms. The van der Waals surface area contributed by atoms with Gasteiger partial charge in [0.1, 0.15) is 0 Å². The summed E-state index contributed by atoms with van der Waals surface area (Å²) < 4.78 is 5.43. The van der Waals surface area contributed by atoms with Crippen LogP contribution < -0.4 is 5.73 Å². The molecule has 0 fully saturated rings. The topological polar surface area (TPSA) is 86.5 Å². The number of hydrogen-bond donors (Lipinski definition) is 1. The second kappa shape index (κ2) is 9.63. The number of nitrogen functional groups attached to an aromatic ring is 1. The van der Waals surface area contributed by atoms with Crippen LogP contribution in [-0.4, -0.2) is 24.1 Å². The Hall–Kier alpha value is -3.38. The van der Waals surface area contributed by atoms with Gasteiger partial charge in [-0.05, 0) is 31.5 Å². The summed E-state index contributed by atoms with van der Waals surface area (Å²) in [5, 5.41) is 0. The summed E-state index contributed by atoms with van der Waals surface area (Å²) in [5.41, 5.74) is 8.51. The molecular weight excluding hydrogens is 434 g/mol. The van der Waals surface area contributed by atoms with E-state index < -0.39 is 5.97 Å². The monoisotopic (exact) mass is 459 g/mol. The fraction of sp³-hybridized carbons (Fsp3) is 0.222. The molecule has 0 amide bonds. The number of benzene rings is 3. The van der Waals surface area contributed by atoms with Gasteiger partial charge in [-0.25, -0.2) is 4.79 Å². The molecule has 0 unspecified atom stereocenters. The molecule has 0 aromatic heterocycles. The third kappa shape index (κ3) is 4.44. The lowest BCUT2D eigenvalue weighted by molar-refractivity contribution is 0.0498. The van der Waals surface area contributed by atoms with E-state index in [1.54, 1.807) is 30.3 Å². The Morgan fingerprint density at radius 2 is 1.58 bits per heavy atom. The van der Waals surface area contributed by atoms with E-state index in [0.29, 0.717) is 16.0 Å². The van der Waals surface area contributed by atoms with Crippen molar-refractivity contribution in [3.05, 3.63) is 88.0 Å². The molecule has 3 aromatic carbocycles. The molecule has 0 heterocycles. The number of ether oxygens (including phenoxy) is 1. The number of aryl methyl sites for hydroxylation is 1. The zero-order valence-corrected chi connectivity index (χ0v) is 19.5. The van der Waals surface area contributed by atoms with Crippen LogP contribution in [-0.2, 0) is 4.74 Å². The van der Waals surface area contributed by atoms with E-state index in [9.17, 15) is 14.4 Å². The first-order chi connectivity index (χ1) is 15.9. The van der Waals surface area contributed by atoms with E-state index in [-0.39, 0.29) is 40.6 Å². The van der Waals surface area contributed by atoms with Gasteiger partial charge in [0.25, 0.3) is 0 Å². The molecule has 4 rings (SSSR count). The van der Waals surface area contributed by atoms with Crippen LogP contribution in [0.25, 0.3) is 0 Å². The van der Waals surface area contributed by atoms with Crippen molar-refractivity contribution in [3.63, 3.8) is 0 Å². The number of fused-ring (bicyclic) bond motifs is 2. The number of rotatable bonds is 7. The van der Waals surface area contributed by atoms with E-state index in [1.165, 1.54) is 11.8 Å². The van der Waals surface area contributed by atoms with Crippen molar-refractivity contribution >= 4 is 35.0 Å². The molecule has 33 heavy (non-hydrogen) atoms. The number of ketones is 2. The predicted octanol–water partition coefficient (Wildman–Crippen LogP) is 5.85. The molecule has 0 atom stereocenters. The van der Waals surface area contributed by atoms with E-state index in [1.807, 2.05) is 31.2 Å². The first-order valence-corrected chi connectivity index (χ1v) is 11.8. The average molecular weight is 460 g/mol. The number of hydrogen-bond acceptors (Lipinski definition) is 6. The van der Waals surface area contributed by atoms with Crippen LogP contribution >= 0.6 is 11.8 Å². The first kappa shape index (κ1) is 22.8. The van der Waals surface area contributed by atoms with Crippen molar-refractivity contribution < 1.29 is 19.1 Å². The number of unbranched alkanes of at least 4 members (excludes halogenated alkanes) is 2. The first-order valence-electron chi connectivity index (χ1n) is 11.0. The number of carbonyl (C=O) groups is 3. The number of esters is 1. The molecule has 168 valence electrons. The minimum atomic E-state index is -0.587.